The highest BCUT2D eigenvalue weighted by Gasteiger charge is 2.28. The first kappa shape index (κ1) is 17.6. The molecule has 2 aromatic rings. The molecule has 130 valence electrons. The first-order valence-corrected chi connectivity index (χ1v) is 7.05. The Hall–Kier alpha value is -2.71. The molecule has 0 spiro atoms. The van der Waals surface area contributed by atoms with Crippen LogP contribution in [0.25, 0.3) is 0 Å². The van der Waals surface area contributed by atoms with Crippen molar-refractivity contribution in [3.63, 3.8) is 0 Å². The van der Waals surface area contributed by atoms with Crippen molar-refractivity contribution in [2.45, 2.75) is 26.2 Å². The average molecular weight is 342 g/mol. The van der Waals surface area contributed by atoms with Crippen LogP contribution in [0.4, 0.5) is 24.5 Å². The number of carbonyl (C=O) groups is 1. The highest BCUT2D eigenvalue weighted by Crippen LogP contribution is 2.27. The summed E-state index contributed by atoms with van der Waals surface area (Å²) >= 11 is 0. The zero-order chi connectivity index (χ0) is 17.7. The van der Waals surface area contributed by atoms with E-state index in [0.717, 1.165) is 4.57 Å². The molecule has 1 aromatic carbocycles. The summed E-state index contributed by atoms with van der Waals surface area (Å²) in [7, 11) is 1.49. The molecule has 1 aromatic heterocycles. The van der Waals surface area contributed by atoms with Gasteiger partial charge in [0.25, 0.3) is 0 Å². The molecule has 0 radical (unpaired) electrons. The van der Waals surface area contributed by atoms with Gasteiger partial charge < -0.3 is 19.9 Å². The predicted octanol–water partition coefficient (Wildman–Crippen LogP) is 3.02. The minimum Gasteiger partial charge on any atom is -0.497 e. The van der Waals surface area contributed by atoms with E-state index < -0.39 is 12.7 Å². The number of amides is 1. The number of hydrogen-bond acceptors (Lipinski definition) is 4. The Balaban J connectivity index is 2.16. The number of aromatic nitrogens is 2. The number of nitrogens with zero attached hydrogens (tertiary/aromatic N) is 2. The van der Waals surface area contributed by atoms with Gasteiger partial charge in [0.05, 0.1) is 25.0 Å². The van der Waals surface area contributed by atoms with E-state index in [9.17, 15) is 18.0 Å². The van der Waals surface area contributed by atoms with Crippen molar-refractivity contribution >= 4 is 17.3 Å². The lowest BCUT2D eigenvalue weighted by atomic mass is 10.2. The van der Waals surface area contributed by atoms with Crippen molar-refractivity contribution in [3.8, 4) is 5.75 Å². The number of alkyl halides is 3. The van der Waals surface area contributed by atoms with E-state index in [4.69, 9.17) is 4.74 Å². The number of anilines is 2. The van der Waals surface area contributed by atoms with Gasteiger partial charge in [-0.05, 0) is 12.1 Å². The molecule has 0 fully saturated rings. The minimum atomic E-state index is -4.33. The zero-order valence-corrected chi connectivity index (χ0v) is 13.1. The summed E-state index contributed by atoms with van der Waals surface area (Å²) < 4.78 is 43.7. The van der Waals surface area contributed by atoms with Crippen LogP contribution >= 0.6 is 0 Å². The van der Waals surface area contributed by atoms with Gasteiger partial charge in [0, 0.05) is 25.4 Å². The second-order valence-corrected chi connectivity index (χ2v) is 5.03. The van der Waals surface area contributed by atoms with E-state index in [0.29, 0.717) is 17.1 Å². The Labute approximate surface area is 136 Å². The molecule has 24 heavy (non-hydrogen) atoms. The third-order valence-corrected chi connectivity index (χ3v) is 3.13. The summed E-state index contributed by atoms with van der Waals surface area (Å²) in [5, 5.41) is 5.62. The molecule has 0 atom stereocenters. The monoisotopic (exact) mass is 342 g/mol. The molecule has 0 saturated heterocycles. The molecule has 1 heterocycles. The van der Waals surface area contributed by atoms with Gasteiger partial charge in [-0.3, -0.25) is 4.79 Å². The molecule has 0 saturated carbocycles. The van der Waals surface area contributed by atoms with Crippen molar-refractivity contribution < 1.29 is 22.7 Å². The van der Waals surface area contributed by atoms with Gasteiger partial charge >= 0.3 is 6.18 Å². The van der Waals surface area contributed by atoms with E-state index in [-0.39, 0.29) is 18.3 Å². The molecule has 2 rings (SSSR count). The molecule has 1 amide bonds. The first-order chi connectivity index (χ1) is 11.3. The second kappa shape index (κ2) is 7.24. The fraction of sp³-hybridized carbons (Fsp3) is 0.333. The van der Waals surface area contributed by atoms with Crippen molar-refractivity contribution in [3.05, 3.63) is 36.4 Å². The number of methoxy groups -OCH3 is 1. The van der Waals surface area contributed by atoms with Crippen LogP contribution in [-0.2, 0) is 17.9 Å². The number of nitrogens with one attached hydrogen (secondary N) is 2. The van der Waals surface area contributed by atoms with Crippen LogP contribution in [0, 0.1) is 0 Å². The SMILES string of the molecule is COc1ccc(NC(C)=O)c(NCc2nccn2CC(F)(F)F)c1. The molecule has 0 aliphatic heterocycles. The van der Waals surface area contributed by atoms with Gasteiger partial charge in [-0.1, -0.05) is 0 Å². The van der Waals surface area contributed by atoms with Gasteiger partial charge in [-0.2, -0.15) is 13.2 Å². The van der Waals surface area contributed by atoms with Crippen LogP contribution in [0.2, 0.25) is 0 Å². The summed E-state index contributed by atoms with van der Waals surface area (Å²) in [6.45, 7) is 0.313. The number of rotatable bonds is 6. The van der Waals surface area contributed by atoms with Crippen LogP contribution in [0.3, 0.4) is 0 Å². The lowest BCUT2D eigenvalue weighted by Crippen LogP contribution is -2.20. The average Bonchev–Trinajstić information content (AvgIpc) is 2.90. The van der Waals surface area contributed by atoms with Gasteiger partial charge in [0.1, 0.15) is 18.1 Å². The first-order valence-electron chi connectivity index (χ1n) is 7.05. The number of hydrogen-bond donors (Lipinski definition) is 2. The van der Waals surface area contributed by atoms with E-state index in [1.807, 2.05) is 0 Å². The maximum Gasteiger partial charge on any atom is 0.406 e. The maximum atomic E-state index is 12.5. The van der Waals surface area contributed by atoms with Crippen LogP contribution < -0.4 is 15.4 Å². The Bertz CT molecular complexity index is 713. The second-order valence-electron chi connectivity index (χ2n) is 5.03. The van der Waals surface area contributed by atoms with Gasteiger partial charge in [0.15, 0.2) is 0 Å². The largest absolute Gasteiger partial charge is 0.497 e. The van der Waals surface area contributed by atoms with Gasteiger partial charge in [-0.25, -0.2) is 4.98 Å². The molecule has 0 aliphatic rings. The quantitative estimate of drug-likeness (QED) is 0.847. The maximum absolute atomic E-state index is 12.5. The molecule has 9 heteroatoms. The summed E-state index contributed by atoms with van der Waals surface area (Å²) in [5.74, 6) is 0.510. The Morgan fingerprint density at radius 3 is 2.71 bits per heavy atom. The molecule has 0 unspecified atom stereocenters. The molecule has 6 nitrogen and oxygen atoms in total. The topological polar surface area (TPSA) is 68.2 Å². The summed E-state index contributed by atoms with van der Waals surface area (Å²) in [5.41, 5.74) is 1.02. The number of benzene rings is 1. The molecular formula is C15H17F3N4O2. The Kier molecular flexibility index (Phi) is 5.32. The molecular weight excluding hydrogens is 325 g/mol. The van der Waals surface area contributed by atoms with E-state index in [2.05, 4.69) is 15.6 Å². The fourth-order valence-corrected chi connectivity index (χ4v) is 2.11. The normalized spacial score (nSPS) is 11.2. The highest BCUT2D eigenvalue weighted by molar-refractivity contribution is 5.92. The van der Waals surface area contributed by atoms with Crippen LogP contribution in [0.1, 0.15) is 12.7 Å². The molecule has 2 N–H and O–H groups in total. The number of halogens is 3. The van der Waals surface area contributed by atoms with E-state index >= 15 is 0 Å². The van der Waals surface area contributed by atoms with Gasteiger partial charge in [0.2, 0.25) is 5.91 Å². The number of carbonyl (C=O) groups excluding carboxylic acids is 1. The highest BCUT2D eigenvalue weighted by atomic mass is 19.4. The standard InChI is InChI=1S/C15H17F3N4O2/c1-10(23)21-12-4-3-11(24-2)7-13(12)20-8-14-19-5-6-22(14)9-15(16,17)18/h3-7,20H,8-9H2,1-2H3,(H,21,23). The van der Waals surface area contributed by atoms with E-state index in [1.54, 1.807) is 18.2 Å². The lowest BCUT2D eigenvalue weighted by molar-refractivity contribution is -0.141. The van der Waals surface area contributed by atoms with Crippen molar-refractivity contribution in [2.24, 2.45) is 0 Å². The Morgan fingerprint density at radius 1 is 1.33 bits per heavy atom. The smallest absolute Gasteiger partial charge is 0.406 e. The molecule has 0 aliphatic carbocycles. The fourth-order valence-electron chi connectivity index (χ4n) is 2.11. The van der Waals surface area contributed by atoms with Crippen molar-refractivity contribution in [1.29, 1.82) is 0 Å². The third kappa shape index (κ3) is 4.90. The number of ether oxygens (including phenoxy) is 1. The van der Waals surface area contributed by atoms with Crippen LogP contribution in [-0.4, -0.2) is 28.7 Å². The van der Waals surface area contributed by atoms with Crippen molar-refractivity contribution in [2.75, 3.05) is 17.7 Å². The van der Waals surface area contributed by atoms with Crippen LogP contribution in [0.5, 0.6) is 5.75 Å². The molecule has 0 bridgehead atoms. The van der Waals surface area contributed by atoms with Crippen LogP contribution in [0.15, 0.2) is 30.6 Å². The summed E-state index contributed by atoms with van der Waals surface area (Å²) in [6, 6.07) is 4.95. The van der Waals surface area contributed by atoms with Gasteiger partial charge in [-0.15, -0.1) is 0 Å². The minimum absolute atomic E-state index is 0.0584. The number of imidazole rings is 1. The van der Waals surface area contributed by atoms with Crippen molar-refractivity contribution in [1.82, 2.24) is 9.55 Å². The van der Waals surface area contributed by atoms with E-state index in [1.165, 1.54) is 26.4 Å². The lowest BCUT2D eigenvalue weighted by Gasteiger charge is -2.15. The summed E-state index contributed by atoms with van der Waals surface area (Å²) in [4.78, 5) is 15.2. The summed E-state index contributed by atoms with van der Waals surface area (Å²) in [6.07, 6.45) is -1.75. The third-order valence-electron chi connectivity index (χ3n) is 3.13. The predicted molar refractivity (Wildman–Crippen MR) is 82.9 cm³/mol. The Morgan fingerprint density at radius 2 is 2.08 bits per heavy atom. The zero-order valence-electron chi connectivity index (χ0n) is 13.1.